The minimum atomic E-state index is -0.316. The second-order valence-electron chi connectivity index (χ2n) is 7.32. The van der Waals surface area contributed by atoms with Crippen LogP contribution in [0.3, 0.4) is 0 Å². The lowest BCUT2D eigenvalue weighted by molar-refractivity contribution is -0.117. The number of hydrogen-bond acceptors (Lipinski definition) is 4. The Bertz CT molecular complexity index is 945. The lowest BCUT2D eigenvalue weighted by Crippen LogP contribution is -2.40. The molecule has 1 fully saturated rings. The number of aromatic nitrogens is 2. The lowest BCUT2D eigenvalue weighted by Gasteiger charge is -2.32. The Labute approximate surface area is 169 Å². The van der Waals surface area contributed by atoms with E-state index in [1.807, 2.05) is 24.4 Å². The highest BCUT2D eigenvalue weighted by Crippen LogP contribution is 2.27. The summed E-state index contributed by atoms with van der Waals surface area (Å²) in [5, 5.41) is 2.83. The first-order chi connectivity index (χ1) is 14.2. The fourth-order valence-electron chi connectivity index (χ4n) is 3.71. The third-order valence-corrected chi connectivity index (χ3v) is 5.17. The van der Waals surface area contributed by atoms with Gasteiger partial charge in [-0.25, -0.2) is 4.39 Å². The predicted molar refractivity (Wildman–Crippen MR) is 111 cm³/mol. The minimum Gasteiger partial charge on any atom is -0.325 e. The van der Waals surface area contributed by atoms with Gasteiger partial charge in [-0.05, 0) is 67.9 Å². The molecule has 0 saturated carbocycles. The molecule has 4 rings (SSSR count). The zero-order valence-corrected chi connectivity index (χ0v) is 16.1. The van der Waals surface area contributed by atoms with E-state index >= 15 is 0 Å². The Balaban J connectivity index is 1.35. The molecule has 0 radical (unpaired) electrons. The molecule has 5 nitrogen and oxygen atoms in total. The van der Waals surface area contributed by atoms with E-state index in [1.54, 1.807) is 18.3 Å². The van der Waals surface area contributed by atoms with E-state index in [0.29, 0.717) is 18.2 Å². The maximum absolute atomic E-state index is 13.0. The number of rotatable bonds is 5. The number of anilines is 1. The van der Waals surface area contributed by atoms with Crippen molar-refractivity contribution in [1.29, 1.82) is 0 Å². The van der Waals surface area contributed by atoms with E-state index in [4.69, 9.17) is 0 Å². The maximum atomic E-state index is 13.0. The number of nitrogens with one attached hydrogen (secondary N) is 1. The summed E-state index contributed by atoms with van der Waals surface area (Å²) in [6.07, 6.45) is 5.74. The highest BCUT2D eigenvalue weighted by atomic mass is 19.1. The SMILES string of the molecule is O=C(CN1CCC[C@@H](c2ccc(-c3ccccn3)cn2)C1)Nc1ccc(F)cc1. The Morgan fingerprint density at radius 1 is 1.10 bits per heavy atom. The molecule has 148 valence electrons. The van der Waals surface area contributed by atoms with Crippen molar-refractivity contribution in [2.45, 2.75) is 18.8 Å². The van der Waals surface area contributed by atoms with Gasteiger partial charge < -0.3 is 5.32 Å². The predicted octanol–water partition coefficient (Wildman–Crippen LogP) is 4.10. The van der Waals surface area contributed by atoms with Crippen molar-refractivity contribution in [2.75, 3.05) is 25.0 Å². The Hall–Kier alpha value is -3.12. The summed E-state index contributed by atoms with van der Waals surface area (Å²) in [4.78, 5) is 23.5. The van der Waals surface area contributed by atoms with Crippen molar-refractivity contribution in [1.82, 2.24) is 14.9 Å². The molecule has 3 aromatic rings. The normalized spacial score (nSPS) is 17.1. The van der Waals surface area contributed by atoms with E-state index in [2.05, 4.69) is 32.3 Å². The topological polar surface area (TPSA) is 58.1 Å². The van der Waals surface area contributed by atoms with Crippen LogP contribution in [-0.4, -0.2) is 40.4 Å². The van der Waals surface area contributed by atoms with E-state index in [9.17, 15) is 9.18 Å². The minimum absolute atomic E-state index is 0.0873. The quantitative estimate of drug-likeness (QED) is 0.713. The number of piperidine rings is 1. The van der Waals surface area contributed by atoms with Crippen LogP contribution in [0.4, 0.5) is 10.1 Å². The molecule has 1 atom stereocenters. The molecule has 1 aliphatic heterocycles. The van der Waals surface area contributed by atoms with Crippen LogP contribution in [0.2, 0.25) is 0 Å². The number of likely N-dealkylation sites (tertiary alicyclic amines) is 1. The van der Waals surface area contributed by atoms with Crippen LogP contribution in [0.1, 0.15) is 24.5 Å². The molecule has 0 bridgehead atoms. The number of carbonyl (C=O) groups is 1. The second kappa shape index (κ2) is 8.92. The monoisotopic (exact) mass is 390 g/mol. The van der Waals surface area contributed by atoms with Crippen LogP contribution in [0, 0.1) is 5.82 Å². The Morgan fingerprint density at radius 2 is 1.97 bits per heavy atom. The van der Waals surface area contributed by atoms with Gasteiger partial charge >= 0.3 is 0 Å². The largest absolute Gasteiger partial charge is 0.325 e. The van der Waals surface area contributed by atoms with E-state index < -0.39 is 0 Å². The fourth-order valence-corrected chi connectivity index (χ4v) is 3.71. The number of halogens is 1. The van der Waals surface area contributed by atoms with Crippen molar-refractivity contribution in [2.24, 2.45) is 0 Å². The molecule has 2 aromatic heterocycles. The number of pyridine rings is 2. The molecule has 3 heterocycles. The number of amides is 1. The number of benzene rings is 1. The molecule has 29 heavy (non-hydrogen) atoms. The van der Waals surface area contributed by atoms with Gasteiger partial charge in [0.1, 0.15) is 5.82 Å². The molecular formula is C23H23FN4O. The summed E-state index contributed by atoms with van der Waals surface area (Å²) >= 11 is 0. The second-order valence-corrected chi connectivity index (χ2v) is 7.32. The molecular weight excluding hydrogens is 367 g/mol. The van der Waals surface area contributed by atoms with Crippen molar-refractivity contribution in [3.63, 3.8) is 0 Å². The van der Waals surface area contributed by atoms with Gasteiger partial charge in [0.2, 0.25) is 5.91 Å². The molecule has 1 N–H and O–H groups in total. The number of carbonyl (C=O) groups excluding carboxylic acids is 1. The van der Waals surface area contributed by atoms with E-state index in [-0.39, 0.29) is 11.7 Å². The van der Waals surface area contributed by atoms with Crippen molar-refractivity contribution < 1.29 is 9.18 Å². The van der Waals surface area contributed by atoms with Gasteiger partial charge in [0, 0.05) is 41.8 Å². The van der Waals surface area contributed by atoms with Gasteiger partial charge in [-0.2, -0.15) is 0 Å². The molecule has 0 spiro atoms. The van der Waals surface area contributed by atoms with Crippen molar-refractivity contribution in [3.05, 3.63) is 78.5 Å². The molecule has 0 unspecified atom stereocenters. The summed E-state index contributed by atoms with van der Waals surface area (Å²) in [5.41, 5.74) is 3.57. The van der Waals surface area contributed by atoms with Gasteiger partial charge in [0.25, 0.3) is 0 Å². The van der Waals surface area contributed by atoms with Gasteiger partial charge in [-0.3, -0.25) is 19.7 Å². The molecule has 1 aromatic carbocycles. The first-order valence-electron chi connectivity index (χ1n) is 9.82. The molecule has 0 aliphatic carbocycles. The molecule has 6 heteroatoms. The standard InChI is InChI=1S/C23H23FN4O/c24-19-7-9-20(10-8-19)27-23(29)16-28-13-3-4-18(15-28)22-11-6-17(14-26-22)21-5-1-2-12-25-21/h1-2,5-12,14,18H,3-4,13,15-16H2,(H,27,29)/t18-/m1/s1. The van der Waals surface area contributed by atoms with Crippen molar-refractivity contribution >= 4 is 11.6 Å². The summed E-state index contributed by atoms with van der Waals surface area (Å²) in [7, 11) is 0. The average Bonchev–Trinajstić information content (AvgIpc) is 2.76. The van der Waals surface area contributed by atoms with Crippen LogP contribution >= 0.6 is 0 Å². The summed E-state index contributed by atoms with van der Waals surface area (Å²) in [6.45, 7) is 2.01. The van der Waals surface area contributed by atoms with Crippen LogP contribution in [-0.2, 0) is 4.79 Å². The summed E-state index contributed by atoms with van der Waals surface area (Å²) < 4.78 is 13.0. The zero-order chi connectivity index (χ0) is 20.1. The van der Waals surface area contributed by atoms with Crippen LogP contribution in [0.15, 0.2) is 67.0 Å². The average molecular weight is 390 g/mol. The molecule has 1 amide bonds. The highest BCUT2D eigenvalue weighted by Gasteiger charge is 2.23. The Kier molecular flexibility index (Phi) is 5.91. The van der Waals surface area contributed by atoms with Gasteiger partial charge in [-0.1, -0.05) is 6.07 Å². The van der Waals surface area contributed by atoms with E-state index in [1.165, 1.54) is 12.1 Å². The zero-order valence-electron chi connectivity index (χ0n) is 16.1. The summed E-state index contributed by atoms with van der Waals surface area (Å²) in [6, 6.07) is 15.8. The molecule has 1 aliphatic rings. The van der Waals surface area contributed by atoms with Crippen LogP contribution < -0.4 is 5.32 Å². The third kappa shape index (κ3) is 5.03. The lowest BCUT2D eigenvalue weighted by atomic mass is 9.94. The molecule has 1 saturated heterocycles. The van der Waals surface area contributed by atoms with Gasteiger partial charge in [0.05, 0.1) is 12.2 Å². The highest BCUT2D eigenvalue weighted by molar-refractivity contribution is 5.92. The van der Waals surface area contributed by atoms with Gasteiger partial charge in [0.15, 0.2) is 0 Å². The summed E-state index contributed by atoms with van der Waals surface area (Å²) in [5.74, 6) is -0.0979. The maximum Gasteiger partial charge on any atom is 0.238 e. The Morgan fingerprint density at radius 3 is 2.69 bits per heavy atom. The first-order valence-corrected chi connectivity index (χ1v) is 9.82. The number of hydrogen-bond donors (Lipinski definition) is 1. The van der Waals surface area contributed by atoms with E-state index in [0.717, 1.165) is 42.9 Å². The fraction of sp³-hybridized carbons (Fsp3) is 0.261. The smallest absolute Gasteiger partial charge is 0.238 e. The number of nitrogens with zero attached hydrogens (tertiary/aromatic N) is 3. The first kappa shape index (κ1) is 19.2. The van der Waals surface area contributed by atoms with Crippen LogP contribution in [0.25, 0.3) is 11.3 Å². The third-order valence-electron chi connectivity index (χ3n) is 5.17. The van der Waals surface area contributed by atoms with Crippen molar-refractivity contribution in [3.8, 4) is 11.3 Å². The van der Waals surface area contributed by atoms with Crippen LogP contribution in [0.5, 0.6) is 0 Å². The van der Waals surface area contributed by atoms with Gasteiger partial charge in [-0.15, -0.1) is 0 Å².